The number of hydrogen-bond acceptors (Lipinski definition) is 3. The predicted octanol–water partition coefficient (Wildman–Crippen LogP) is 3.11. The Morgan fingerprint density at radius 1 is 1.56 bits per heavy atom. The number of aliphatic imine (C=N–C) groups is 1. The maximum atomic E-state index is 13.8. The Morgan fingerprint density at radius 2 is 2.33 bits per heavy atom. The number of nitrogens with zero attached hydrogens (tertiary/aromatic N) is 1. The Balaban J connectivity index is 2.39. The van der Waals surface area contributed by atoms with Gasteiger partial charge in [0.2, 0.25) is 5.90 Å². The van der Waals surface area contributed by atoms with E-state index in [4.69, 9.17) is 11.2 Å². The zero-order valence-corrected chi connectivity index (χ0v) is 11.2. The lowest BCUT2D eigenvalue weighted by Crippen LogP contribution is -2.17. The SMILES string of the molecule is C#CCSc1c(F)cccc1C1=NC(C)(C)CO1. The smallest absolute Gasteiger partial charge is 0.218 e. The molecule has 0 spiro atoms. The summed E-state index contributed by atoms with van der Waals surface area (Å²) in [5.74, 6) is 3.13. The van der Waals surface area contributed by atoms with Crippen molar-refractivity contribution >= 4 is 17.7 Å². The molecule has 0 bridgehead atoms. The van der Waals surface area contributed by atoms with E-state index in [0.717, 1.165) is 0 Å². The largest absolute Gasteiger partial charge is 0.475 e. The minimum Gasteiger partial charge on any atom is -0.475 e. The molecule has 0 radical (unpaired) electrons. The Kier molecular flexibility index (Phi) is 3.63. The quantitative estimate of drug-likeness (QED) is 0.617. The molecule has 0 atom stereocenters. The average Bonchev–Trinajstić information content (AvgIpc) is 2.68. The molecule has 18 heavy (non-hydrogen) atoms. The van der Waals surface area contributed by atoms with E-state index in [-0.39, 0.29) is 11.4 Å². The molecule has 0 saturated heterocycles. The molecule has 2 rings (SSSR count). The van der Waals surface area contributed by atoms with Gasteiger partial charge < -0.3 is 4.74 Å². The summed E-state index contributed by atoms with van der Waals surface area (Å²) in [5, 5.41) is 0. The molecule has 1 heterocycles. The number of ether oxygens (including phenoxy) is 1. The molecule has 0 aromatic heterocycles. The highest BCUT2D eigenvalue weighted by Gasteiger charge is 2.28. The van der Waals surface area contributed by atoms with Crippen LogP contribution >= 0.6 is 11.8 Å². The van der Waals surface area contributed by atoms with Gasteiger partial charge >= 0.3 is 0 Å². The number of hydrogen-bond donors (Lipinski definition) is 0. The minimum absolute atomic E-state index is 0.254. The Hall–Kier alpha value is -1.47. The lowest BCUT2D eigenvalue weighted by atomic mass is 10.1. The van der Waals surface area contributed by atoms with Crippen LogP contribution in [0.3, 0.4) is 0 Å². The third kappa shape index (κ3) is 2.68. The van der Waals surface area contributed by atoms with Crippen LogP contribution in [0.25, 0.3) is 0 Å². The molecule has 0 fully saturated rings. The number of thioether (sulfide) groups is 1. The van der Waals surface area contributed by atoms with E-state index >= 15 is 0 Å². The van der Waals surface area contributed by atoms with Crippen molar-refractivity contribution < 1.29 is 9.13 Å². The molecule has 2 nitrogen and oxygen atoms in total. The lowest BCUT2D eigenvalue weighted by molar-refractivity contribution is 0.279. The van der Waals surface area contributed by atoms with Crippen LogP contribution in [0, 0.1) is 18.2 Å². The summed E-state index contributed by atoms with van der Waals surface area (Å²) >= 11 is 1.29. The summed E-state index contributed by atoms with van der Waals surface area (Å²) < 4.78 is 19.4. The Morgan fingerprint density at radius 3 is 2.94 bits per heavy atom. The molecule has 1 aliphatic rings. The van der Waals surface area contributed by atoms with E-state index in [2.05, 4.69) is 10.9 Å². The second kappa shape index (κ2) is 5.03. The highest BCUT2D eigenvalue weighted by molar-refractivity contribution is 7.99. The van der Waals surface area contributed by atoms with Crippen molar-refractivity contribution in [2.24, 2.45) is 4.99 Å². The van der Waals surface area contributed by atoms with E-state index in [1.807, 2.05) is 19.9 Å². The van der Waals surface area contributed by atoms with Gasteiger partial charge in [-0.2, -0.15) is 0 Å². The Labute approximate surface area is 111 Å². The molecule has 1 aliphatic heterocycles. The van der Waals surface area contributed by atoms with Crippen molar-refractivity contribution in [3.63, 3.8) is 0 Å². The summed E-state index contributed by atoms with van der Waals surface area (Å²) in [4.78, 5) is 4.97. The van der Waals surface area contributed by atoms with E-state index in [1.54, 1.807) is 6.07 Å². The summed E-state index contributed by atoms with van der Waals surface area (Å²) in [6.45, 7) is 4.47. The van der Waals surface area contributed by atoms with E-state index in [9.17, 15) is 4.39 Å². The minimum atomic E-state index is -0.288. The van der Waals surface area contributed by atoms with E-state index < -0.39 is 0 Å². The predicted molar refractivity (Wildman–Crippen MR) is 72.5 cm³/mol. The van der Waals surface area contributed by atoms with Gasteiger partial charge in [-0.3, -0.25) is 0 Å². The van der Waals surface area contributed by atoms with Crippen molar-refractivity contribution in [1.29, 1.82) is 0 Å². The van der Waals surface area contributed by atoms with Gasteiger partial charge in [-0.15, -0.1) is 18.2 Å². The molecular formula is C14H14FNOS. The van der Waals surface area contributed by atoms with Crippen LogP contribution in [0.4, 0.5) is 4.39 Å². The van der Waals surface area contributed by atoms with Gasteiger partial charge in [0.05, 0.1) is 21.8 Å². The van der Waals surface area contributed by atoms with Crippen molar-refractivity contribution in [3.8, 4) is 12.3 Å². The molecule has 0 amide bonds. The first-order valence-electron chi connectivity index (χ1n) is 5.61. The van der Waals surface area contributed by atoms with Crippen LogP contribution in [0.5, 0.6) is 0 Å². The molecule has 94 valence electrons. The van der Waals surface area contributed by atoms with Gasteiger partial charge in [0, 0.05) is 0 Å². The maximum absolute atomic E-state index is 13.8. The second-order valence-electron chi connectivity index (χ2n) is 4.63. The molecule has 0 aliphatic carbocycles. The standard InChI is InChI=1S/C14H14FNOS/c1-4-8-18-12-10(6-5-7-11(12)15)13-16-14(2,3)9-17-13/h1,5-7H,8-9H2,2-3H3. The molecule has 1 aromatic carbocycles. The van der Waals surface area contributed by atoms with Gasteiger partial charge in [0.15, 0.2) is 0 Å². The fraction of sp³-hybridized carbons (Fsp3) is 0.357. The summed E-state index contributed by atoms with van der Waals surface area (Å²) in [5.41, 5.74) is 0.427. The van der Waals surface area contributed by atoms with Crippen LogP contribution in [-0.2, 0) is 4.74 Å². The monoisotopic (exact) mass is 263 g/mol. The van der Waals surface area contributed by atoms with Gasteiger partial charge in [-0.1, -0.05) is 12.0 Å². The molecule has 4 heteroatoms. The van der Waals surface area contributed by atoms with Crippen molar-refractivity contribution in [2.45, 2.75) is 24.3 Å². The zero-order chi connectivity index (χ0) is 13.2. The van der Waals surface area contributed by atoms with Crippen molar-refractivity contribution in [3.05, 3.63) is 29.6 Å². The Bertz CT molecular complexity index is 531. The van der Waals surface area contributed by atoms with Crippen molar-refractivity contribution in [1.82, 2.24) is 0 Å². The van der Waals surface area contributed by atoms with Crippen LogP contribution in [0.2, 0.25) is 0 Å². The molecule has 0 unspecified atom stereocenters. The summed E-state index contributed by atoms with van der Waals surface area (Å²) in [7, 11) is 0. The normalized spacial score (nSPS) is 16.9. The average molecular weight is 263 g/mol. The van der Waals surface area contributed by atoms with Crippen LogP contribution in [0.15, 0.2) is 28.1 Å². The third-order valence-electron chi connectivity index (χ3n) is 2.46. The van der Waals surface area contributed by atoms with Gasteiger partial charge in [-0.25, -0.2) is 9.38 Å². The van der Waals surface area contributed by atoms with Crippen molar-refractivity contribution in [2.75, 3.05) is 12.4 Å². The first kappa shape index (κ1) is 13.0. The fourth-order valence-corrected chi connectivity index (χ4v) is 2.40. The molecule has 1 aromatic rings. The maximum Gasteiger partial charge on any atom is 0.218 e. The first-order chi connectivity index (χ1) is 8.53. The highest BCUT2D eigenvalue weighted by atomic mass is 32.2. The van der Waals surface area contributed by atoms with E-state index in [0.29, 0.717) is 28.7 Å². The molecular weight excluding hydrogens is 249 g/mol. The number of terminal acetylenes is 1. The topological polar surface area (TPSA) is 21.6 Å². The third-order valence-corrected chi connectivity index (χ3v) is 3.48. The highest BCUT2D eigenvalue weighted by Crippen LogP contribution is 2.29. The molecule has 0 saturated carbocycles. The summed E-state index contributed by atoms with van der Waals surface area (Å²) in [6, 6.07) is 4.88. The second-order valence-corrected chi connectivity index (χ2v) is 5.61. The first-order valence-corrected chi connectivity index (χ1v) is 6.60. The van der Waals surface area contributed by atoms with Gasteiger partial charge in [0.1, 0.15) is 12.4 Å². The van der Waals surface area contributed by atoms with Crippen LogP contribution in [0.1, 0.15) is 19.4 Å². The van der Waals surface area contributed by atoms with Crippen LogP contribution < -0.4 is 0 Å². The van der Waals surface area contributed by atoms with E-state index in [1.165, 1.54) is 17.8 Å². The van der Waals surface area contributed by atoms with Gasteiger partial charge in [-0.05, 0) is 26.0 Å². The van der Waals surface area contributed by atoms with Crippen LogP contribution in [-0.4, -0.2) is 23.8 Å². The fourth-order valence-electron chi connectivity index (χ4n) is 1.66. The lowest BCUT2D eigenvalue weighted by Gasteiger charge is -2.08. The molecule has 0 N–H and O–H groups in total. The number of halogens is 1. The number of benzene rings is 1. The van der Waals surface area contributed by atoms with Gasteiger partial charge in [0.25, 0.3) is 0 Å². The zero-order valence-electron chi connectivity index (χ0n) is 10.4. The number of rotatable bonds is 3. The summed E-state index contributed by atoms with van der Waals surface area (Å²) in [6.07, 6.45) is 5.22.